The summed E-state index contributed by atoms with van der Waals surface area (Å²) in [7, 11) is 4.28. The number of Topliss-reactive ketones (excluding diaryl/α,β-unsaturated/α-hetero) is 1. The van der Waals surface area contributed by atoms with Crippen molar-refractivity contribution in [1.29, 1.82) is 0 Å². The van der Waals surface area contributed by atoms with E-state index in [1.807, 2.05) is 0 Å². The zero-order valence-corrected chi connectivity index (χ0v) is 21.0. The number of esters is 3. The van der Waals surface area contributed by atoms with Crippen LogP contribution in [0.3, 0.4) is 0 Å². The molecule has 0 spiro atoms. The summed E-state index contributed by atoms with van der Waals surface area (Å²) in [5, 5.41) is 0. The van der Waals surface area contributed by atoms with Crippen LogP contribution in [-0.2, 0) is 36.6 Å². The number of rotatable bonds is 9. The van der Waals surface area contributed by atoms with Crippen LogP contribution in [0, 0.1) is 5.92 Å². The van der Waals surface area contributed by atoms with Crippen LogP contribution in [0.1, 0.15) is 52.1 Å². The predicted molar refractivity (Wildman–Crippen MR) is 126 cm³/mol. The number of pyridine rings is 2. The second-order valence-electron chi connectivity index (χ2n) is 7.44. The van der Waals surface area contributed by atoms with Crippen LogP contribution < -0.4 is 9.47 Å². The Balaban J connectivity index is 0.000000255. The zero-order valence-electron chi connectivity index (χ0n) is 21.0. The summed E-state index contributed by atoms with van der Waals surface area (Å²) in [4.78, 5) is 54.4. The smallest absolute Gasteiger partial charge is 0.339 e. The molecule has 0 bridgehead atoms. The minimum absolute atomic E-state index is 0.186. The van der Waals surface area contributed by atoms with Crippen LogP contribution in [0.5, 0.6) is 11.8 Å². The fourth-order valence-electron chi connectivity index (χ4n) is 3.47. The first-order valence-corrected chi connectivity index (χ1v) is 11.3. The number of aryl methyl sites for hydroxylation is 1. The van der Waals surface area contributed by atoms with Crippen molar-refractivity contribution in [3.63, 3.8) is 0 Å². The van der Waals surface area contributed by atoms with E-state index in [9.17, 15) is 19.2 Å². The summed E-state index contributed by atoms with van der Waals surface area (Å²) in [5.74, 6) is -1.38. The van der Waals surface area contributed by atoms with E-state index in [-0.39, 0.29) is 24.8 Å². The average molecular weight is 503 g/mol. The standard InChI is InChI=1S/C13H17NO5.C12H13NO4/c1-4-19-12(15)6-5-9-7-11(17-2)14-8-10(9)13(16)18-3;1-3-17-12(15)8-4-7-5-10(16-2)13-6-9(7)11(8)14/h7-8H,4-6H2,1-3H3;5-6,8H,3-4H2,1-2H3. The number of methoxy groups -OCH3 is 3. The number of hydrogen-bond donors (Lipinski definition) is 0. The molecule has 0 saturated heterocycles. The molecule has 0 aliphatic heterocycles. The number of ketones is 1. The van der Waals surface area contributed by atoms with Gasteiger partial charge in [-0.2, -0.15) is 0 Å². The number of hydrogen-bond acceptors (Lipinski definition) is 11. The van der Waals surface area contributed by atoms with Crippen molar-refractivity contribution in [1.82, 2.24) is 9.97 Å². The Morgan fingerprint density at radius 2 is 1.58 bits per heavy atom. The molecule has 0 amide bonds. The number of ether oxygens (including phenoxy) is 5. The van der Waals surface area contributed by atoms with E-state index in [0.717, 1.165) is 5.56 Å². The number of nitrogens with zero attached hydrogens (tertiary/aromatic N) is 2. The van der Waals surface area contributed by atoms with E-state index in [2.05, 4.69) is 14.7 Å². The van der Waals surface area contributed by atoms with E-state index >= 15 is 0 Å². The predicted octanol–water partition coefficient (Wildman–Crippen LogP) is 2.38. The van der Waals surface area contributed by atoms with Gasteiger partial charge in [0.1, 0.15) is 5.92 Å². The molecule has 3 rings (SSSR count). The summed E-state index contributed by atoms with van der Waals surface area (Å²) >= 11 is 0. The lowest BCUT2D eigenvalue weighted by Gasteiger charge is -2.09. The van der Waals surface area contributed by atoms with Gasteiger partial charge in [0.25, 0.3) is 0 Å². The number of carbonyl (C=O) groups excluding carboxylic acids is 4. The molecule has 2 aromatic heterocycles. The Kier molecular flexibility index (Phi) is 10.8. The maximum absolute atomic E-state index is 11.9. The molecule has 0 aromatic carbocycles. The van der Waals surface area contributed by atoms with Crippen molar-refractivity contribution in [3.05, 3.63) is 46.8 Å². The van der Waals surface area contributed by atoms with Crippen LogP contribution >= 0.6 is 0 Å². The van der Waals surface area contributed by atoms with Gasteiger partial charge in [-0.3, -0.25) is 14.4 Å². The first-order valence-electron chi connectivity index (χ1n) is 11.3. The highest BCUT2D eigenvalue weighted by Crippen LogP contribution is 2.29. The SMILES string of the molecule is CCOC(=O)C1Cc2cc(OC)ncc2C1=O.CCOC(=O)CCc1cc(OC)ncc1C(=O)OC. The van der Waals surface area contributed by atoms with E-state index in [1.165, 1.54) is 33.7 Å². The van der Waals surface area contributed by atoms with E-state index < -0.39 is 17.9 Å². The van der Waals surface area contributed by atoms with Crippen LogP contribution in [0.2, 0.25) is 0 Å². The summed E-state index contributed by atoms with van der Waals surface area (Å²) in [5.41, 5.74) is 2.25. The third-order valence-electron chi connectivity index (χ3n) is 5.23. The van der Waals surface area contributed by atoms with Gasteiger partial charge in [-0.15, -0.1) is 0 Å². The van der Waals surface area contributed by atoms with Crippen molar-refractivity contribution >= 4 is 23.7 Å². The Hall–Kier alpha value is -4.02. The minimum Gasteiger partial charge on any atom is -0.481 e. The van der Waals surface area contributed by atoms with Crippen molar-refractivity contribution in [2.75, 3.05) is 34.5 Å². The number of aromatic nitrogens is 2. The zero-order chi connectivity index (χ0) is 26.7. The van der Waals surface area contributed by atoms with Gasteiger partial charge in [0, 0.05) is 36.5 Å². The molecule has 194 valence electrons. The van der Waals surface area contributed by atoms with Gasteiger partial charge in [-0.25, -0.2) is 14.8 Å². The van der Waals surface area contributed by atoms with Gasteiger partial charge < -0.3 is 23.7 Å². The molecule has 1 aliphatic rings. The number of fused-ring (bicyclic) bond motifs is 1. The Morgan fingerprint density at radius 3 is 2.19 bits per heavy atom. The summed E-state index contributed by atoms with van der Waals surface area (Å²) in [6.07, 6.45) is 3.75. The largest absolute Gasteiger partial charge is 0.481 e. The highest BCUT2D eigenvalue weighted by Gasteiger charge is 2.37. The second-order valence-corrected chi connectivity index (χ2v) is 7.44. The molecule has 1 unspecified atom stereocenters. The molecule has 2 heterocycles. The molecule has 1 atom stereocenters. The molecule has 2 aromatic rings. The monoisotopic (exact) mass is 502 g/mol. The van der Waals surface area contributed by atoms with Crippen LogP contribution in [0.4, 0.5) is 0 Å². The summed E-state index contributed by atoms with van der Waals surface area (Å²) in [6.45, 7) is 4.07. The molecular formula is C25H30N2O9. The maximum Gasteiger partial charge on any atom is 0.339 e. The minimum atomic E-state index is -0.723. The molecule has 36 heavy (non-hydrogen) atoms. The summed E-state index contributed by atoms with van der Waals surface area (Å²) < 4.78 is 24.4. The second kappa shape index (κ2) is 13.8. The van der Waals surface area contributed by atoms with Gasteiger partial charge in [-0.1, -0.05) is 0 Å². The van der Waals surface area contributed by atoms with Crippen LogP contribution in [-0.4, -0.2) is 68.2 Å². The number of carbonyl (C=O) groups is 4. The van der Waals surface area contributed by atoms with Crippen molar-refractivity contribution in [2.45, 2.75) is 33.1 Å². The van der Waals surface area contributed by atoms with Crippen molar-refractivity contribution < 1.29 is 42.9 Å². The lowest BCUT2D eigenvalue weighted by molar-refractivity contribution is -0.146. The van der Waals surface area contributed by atoms with Crippen LogP contribution in [0.15, 0.2) is 24.5 Å². The van der Waals surface area contributed by atoms with E-state index in [4.69, 9.17) is 18.9 Å². The van der Waals surface area contributed by atoms with E-state index in [1.54, 1.807) is 26.0 Å². The Labute approximate surface area is 209 Å². The Morgan fingerprint density at radius 1 is 0.944 bits per heavy atom. The van der Waals surface area contributed by atoms with Crippen molar-refractivity contribution in [3.8, 4) is 11.8 Å². The molecule has 0 radical (unpaired) electrons. The van der Waals surface area contributed by atoms with Gasteiger partial charge in [0.05, 0.1) is 40.1 Å². The summed E-state index contributed by atoms with van der Waals surface area (Å²) in [6, 6.07) is 3.30. The molecule has 11 heteroatoms. The van der Waals surface area contributed by atoms with Gasteiger partial charge in [0.2, 0.25) is 11.8 Å². The Bertz CT molecular complexity index is 1100. The molecule has 0 fully saturated rings. The molecule has 11 nitrogen and oxygen atoms in total. The fourth-order valence-corrected chi connectivity index (χ4v) is 3.47. The highest BCUT2D eigenvalue weighted by atomic mass is 16.5. The molecule has 0 saturated carbocycles. The first-order chi connectivity index (χ1) is 17.3. The third-order valence-corrected chi connectivity index (χ3v) is 5.23. The normalized spacial score (nSPS) is 13.6. The van der Waals surface area contributed by atoms with Gasteiger partial charge in [0.15, 0.2) is 5.78 Å². The third kappa shape index (κ3) is 7.24. The maximum atomic E-state index is 11.9. The van der Waals surface area contributed by atoms with Gasteiger partial charge >= 0.3 is 17.9 Å². The quantitative estimate of drug-likeness (QED) is 0.283. The average Bonchev–Trinajstić information content (AvgIpc) is 3.23. The van der Waals surface area contributed by atoms with Crippen LogP contribution in [0.25, 0.3) is 0 Å². The molecule has 0 N–H and O–H groups in total. The van der Waals surface area contributed by atoms with Gasteiger partial charge in [-0.05, 0) is 37.8 Å². The van der Waals surface area contributed by atoms with E-state index in [0.29, 0.717) is 47.9 Å². The van der Waals surface area contributed by atoms with Crippen molar-refractivity contribution in [2.24, 2.45) is 5.92 Å². The lowest BCUT2D eigenvalue weighted by atomic mass is 10.1. The highest BCUT2D eigenvalue weighted by molar-refractivity contribution is 6.12. The fraction of sp³-hybridized carbons (Fsp3) is 0.440. The first kappa shape index (κ1) is 28.2. The molecular weight excluding hydrogens is 472 g/mol. The topological polar surface area (TPSA) is 140 Å². The lowest BCUT2D eigenvalue weighted by Crippen LogP contribution is -2.23. The molecule has 1 aliphatic carbocycles.